The highest BCUT2D eigenvalue weighted by atomic mass is 32.2. The Bertz CT molecular complexity index is 196. The van der Waals surface area contributed by atoms with E-state index in [-0.39, 0.29) is 4.87 Å². The Kier molecular flexibility index (Phi) is 3.58. The quantitative estimate of drug-likeness (QED) is 0.704. The largest absolute Gasteiger partial charge is 0.480 e. The van der Waals surface area contributed by atoms with E-state index >= 15 is 0 Å². The van der Waals surface area contributed by atoms with Crippen LogP contribution < -0.4 is 5.32 Å². The lowest BCUT2D eigenvalue weighted by molar-refractivity contribution is -0.140. The molecule has 0 aromatic carbocycles. The molecule has 76 valence electrons. The molecule has 1 aliphatic heterocycles. The number of hydrogen-bond acceptors (Lipinski definition) is 4. The van der Waals surface area contributed by atoms with Gasteiger partial charge in [-0.2, -0.15) is 0 Å². The van der Waals surface area contributed by atoms with Crippen molar-refractivity contribution in [2.45, 2.75) is 24.3 Å². The third-order valence-corrected chi connectivity index (χ3v) is 3.34. The van der Waals surface area contributed by atoms with Gasteiger partial charge in [-0.1, -0.05) is 0 Å². The molecular weight excluding hydrogens is 190 g/mol. The molecule has 0 aromatic rings. The van der Waals surface area contributed by atoms with Crippen molar-refractivity contribution in [1.29, 1.82) is 0 Å². The number of hydrogen-bond donors (Lipinski definition) is 2. The second-order valence-electron chi connectivity index (χ2n) is 3.34. The van der Waals surface area contributed by atoms with Gasteiger partial charge in [0.05, 0.1) is 11.5 Å². The lowest BCUT2D eigenvalue weighted by Gasteiger charge is -2.36. The number of thioether (sulfide) groups is 1. The van der Waals surface area contributed by atoms with Gasteiger partial charge in [0.25, 0.3) is 0 Å². The number of nitrogens with one attached hydrogen (secondary N) is 1. The fourth-order valence-corrected chi connectivity index (χ4v) is 2.66. The van der Waals surface area contributed by atoms with Crippen LogP contribution in [0, 0.1) is 0 Å². The minimum atomic E-state index is -0.775. The maximum atomic E-state index is 10.7. The predicted molar refractivity (Wildman–Crippen MR) is 51.9 cm³/mol. The Balaban J connectivity index is 2.54. The van der Waals surface area contributed by atoms with E-state index in [0.29, 0.717) is 13.0 Å². The normalized spacial score (nSPS) is 34.5. The van der Waals surface area contributed by atoms with Crippen LogP contribution in [0.5, 0.6) is 0 Å². The Hall–Kier alpha value is -0.260. The van der Waals surface area contributed by atoms with E-state index in [1.807, 2.05) is 6.92 Å². The summed E-state index contributed by atoms with van der Waals surface area (Å²) in [6.07, 6.45) is 0.680. The molecule has 2 atom stereocenters. The first-order valence-electron chi connectivity index (χ1n) is 4.21. The molecule has 5 heteroatoms. The molecule has 1 heterocycles. The second kappa shape index (κ2) is 4.30. The SMILES string of the molecule is COCC1(C)NC(C(=O)O)CCS1. The van der Waals surface area contributed by atoms with Crippen LogP contribution >= 0.6 is 11.8 Å². The van der Waals surface area contributed by atoms with E-state index in [2.05, 4.69) is 5.32 Å². The predicted octanol–water partition coefficient (Wildman–Crippen LogP) is 0.529. The van der Waals surface area contributed by atoms with Crippen molar-refractivity contribution in [1.82, 2.24) is 5.32 Å². The van der Waals surface area contributed by atoms with Crippen LogP contribution in [0.4, 0.5) is 0 Å². The van der Waals surface area contributed by atoms with Crippen LogP contribution in [0.15, 0.2) is 0 Å². The monoisotopic (exact) mass is 205 g/mol. The summed E-state index contributed by atoms with van der Waals surface area (Å²) >= 11 is 1.71. The summed E-state index contributed by atoms with van der Waals surface area (Å²) in [7, 11) is 1.62. The molecule has 0 amide bonds. The molecule has 0 radical (unpaired) electrons. The number of ether oxygens (including phenoxy) is 1. The molecule has 1 aliphatic rings. The highest BCUT2D eigenvalue weighted by molar-refractivity contribution is 8.00. The van der Waals surface area contributed by atoms with Gasteiger partial charge in [0, 0.05) is 7.11 Å². The zero-order valence-electron chi connectivity index (χ0n) is 7.87. The number of carboxylic acid groups (broad SMARTS) is 1. The highest BCUT2D eigenvalue weighted by Gasteiger charge is 2.34. The van der Waals surface area contributed by atoms with Crippen LogP contribution in [0.3, 0.4) is 0 Å². The van der Waals surface area contributed by atoms with Gasteiger partial charge < -0.3 is 9.84 Å². The summed E-state index contributed by atoms with van der Waals surface area (Å²) in [6, 6.07) is -0.429. The molecule has 2 unspecified atom stereocenters. The lowest BCUT2D eigenvalue weighted by Crippen LogP contribution is -2.55. The molecule has 0 aliphatic carbocycles. The topological polar surface area (TPSA) is 58.6 Å². The van der Waals surface area contributed by atoms with Crippen molar-refractivity contribution in [2.24, 2.45) is 0 Å². The molecule has 1 rings (SSSR count). The molecule has 1 fully saturated rings. The van der Waals surface area contributed by atoms with Crippen molar-refractivity contribution < 1.29 is 14.6 Å². The number of methoxy groups -OCH3 is 1. The summed E-state index contributed by atoms with van der Waals surface area (Å²) in [5, 5.41) is 11.9. The van der Waals surface area contributed by atoms with Gasteiger partial charge in [0.15, 0.2) is 0 Å². The average molecular weight is 205 g/mol. The van der Waals surface area contributed by atoms with Crippen molar-refractivity contribution in [3.63, 3.8) is 0 Å². The average Bonchev–Trinajstić information content (AvgIpc) is 2.04. The minimum Gasteiger partial charge on any atom is -0.480 e. The number of rotatable bonds is 3. The van der Waals surface area contributed by atoms with E-state index in [0.717, 1.165) is 5.75 Å². The molecule has 1 saturated heterocycles. The fraction of sp³-hybridized carbons (Fsp3) is 0.875. The molecular formula is C8H15NO3S. The first kappa shape index (κ1) is 10.8. The molecule has 0 spiro atoms. The summed E-state index contributed by atoms with van der Waals surface area (Å²) in [4.78, 5) is 10.5. The van der Waals surface area contributed by atoms with Crippen molar-refractivity contribution in [3.05, 3.63) is 0 Å². The zero-order valence-corrected chi connectivity index (χ0v) is 8.69. The number of carboxylic acids is 1. The highest BCUT2D eigenvalue weighted by Crippen LogP contribution is 2.28. The van der Waals surface area contributed by atoms with Gasteiger partial charge in [-0.3, -0.25) is 10.1 Å². The van der Waals surface area contributed by atoms with E-state index in [1.54, 1.807) is 18.9 Å². The van der Waals surface area contributed by atoms with Crippen LogP contribution in [-0.4, -0.2) is 41.5 Å². The third kappa shape index (κ3) is 2.86. The summed E-state index contributed by atoms with van der Waals surface area (Å²) in [5.41, 5.74) is 0. The molecule has 4 nitrogen and oxygen atoms in total. The van der Waals surface area contributed by atoms with E-state index < -0.39 is 12.0 Å². The van der Waals surface area contributed by atoms with Crippen LogP contribution in [0.1, 0.15) is 13.3 Å². The first-order chi connectivity index (χ1) is 6.07. The van der Waals surface area contributed by atoms with Gasteiger partial charge >= 0.3 is 5.97 Å². The van der Waals surface area contributed by atoms with Crippen molar-refractivity contribution >= 4 is 17.7 Å². The van der Waals surface area contributed by atoms with Crippen molar-refractivity contribution in [3.8, 4) is 0 Å². The molecule has 0 bridgehead atoms. The zero-order chi connectivity index (χ0) is 9.90. The van der Waals surface area contributed by atoms with Crippen LogP contribution in [-0.2, 0) is 9.53 Å². The Morgan fingerprint density at radius 3 is 3.08 bits per heavy atom. The molecule has 13 heavy (non-hydrogen) atoms. The Labute approximate surface area is 82.0 Å². The summed E-state index contributed by atoms with van der Waals surface area (Å²) < 4.78 is 5.04. The van der Waals surface area contributed by atoms with E-state index in [4.69, 9.17) is 9.84 Å². The van der Waals surface area contributed by atoms with Gasteiger partial charge in [-0.05, 0) is 19.1 Å². The van der Waals surface area contributed by atoms with Crippen LogP contribution in [0.25, 0.3) is 0 Å². The standard InChI is InChI=1S/C8H15NO3S/c1-8(5-12-2)9-6(7(10)11)3-4-13-8/h6,9H,3-5H2,1-2H3,(H,10,11). The minimum absolute atomic E-state index is 0.254. The van der Waals surface area contributed by atoms with Gasteiger partial charge in [0.2, 0.25) is 0 Å². The maximum absolute atomic E-state index is 10.7. The van der Waals surface area contributed by atoms with Gasteiger partial charge in [-0.25, -0.2) is 0 Å². The second-order valence-corrected chi connectivity index (χ2v) is 4.93. The maximum Gasteiger partial charge on any atom is 0.320 e. The number of carbonyl (C=O) groups is 1. The molecule has 0 saturated carbocycles. The Morgan fingerprint density at radius 1 is 1.85 bits per heavy atom. The van der Waals surface area contributed by atoms with Crippen LogP contribution in [0.2, 0.25) is 0 Å². The van der Waals surface area contributed by atoms with Gasteiger partial charge in [-0.15, -0.1) is 11.8 Å². The molecule has 0 aromatic heterocycles. The summed E-state index contributed by atoms with van der Waals surface area (Å²) in [5.74, 6) is 0.0896. The smallest absolute Gasteiger partial charge is 0.320 e. The first-order valence-corrected chi connectivity index (χ1v) is 5.19. The van der Waals surface area contributed by atoms with E-state index in [9.17, 15) is 4.79 Å². The third-order valence-electron chi connectivity index (χ3n) is 2.02. The van der Waals surface area contributed by atoms with E-state index in [1.165, 1.54) is 0 Å². The molecule has 2 N–H and O–H groups in total. The Morgan fingerprint density at radius 2 is 2.54 bits per heavy atom. The van der Waals surface area contributed by atoms with Gasteiger partial charge in [0.1, 0.15) is 6.04 Å². The summed E-state index contributed by atoms with van der Waals surface area (Å²) in [6.45, 7) is 2.50. The van der Waals surface area contributed by atoms with Crippen molar-refractivity contribution in [2.75, 3.05) is 19.5 Å². The number of aliphatic carboxylic acids is 1. The lowest BCUT2D eigenvalue weighted by atomic mass is 10.2. The fourth-order valence-electron chi connectivity index (χ4n) is 1.43.